The molecule has 0 radical (unpaired) electrons. The zero-order valence-corrected chi connectivity index (χ0v) is 19.9. The minimum Gasteiger partial charge on any atom is -0.497 e. The van der Waals surface area contributed by atoms with Crippen LogP contribution in [0, 0.1) is 0 Å². The van der Waals surface area contributed by atoms with E-state index in [0.29, 0.717) is 12.3 Å². The second kappa shape index (κ2) is 11.2. The lowest BCUT2D eigenvalue weighted by Gasteiger charge is -2.17. The van der Waals surface area contributed by atoms with Crippen molar-refractivity contribution in [1.82, 2.24) is 19.3 Å². The molecule has 2 aromatic carbocycles. The van der Waals surface area contributed by atoms with E-state index in [0.717, 1.165) is 11.3 Å². The third-order valence-electron chi connectivity index (χ3n) is 5.42. The number of aromatic amines is 1. The standard InChI is InChI=1S/C25H26N6O5/c1-35-15-14-30-22(21(24(33)28-25(30)34)26-16-17-6-4-3-5-7-17)27-23(32)20-12-13-31(29-20)18-8-10-19(36-2)11-9-18/h3-13,26H,14-16H2,1-2H3,(H,27,32)(H,28,33,34). The molecule has 4 rings (SSSR count). The summed E-state index contributed by atoms with van der Waals surface area (Å²) in [6, 6.07) is 18.2. The number of benzene rings is 2. The third kappa shape index (κ3) is 5.53. The van der Waals surface area contributed by atoms with Gasteiger partial charge in [0.2, 0.25) is 0 Å². The molecule has 0 spiro atoms. The third-order valence-corrected chi connectivity index (χ3v) is 5.42. The zero-order chi connectivity index (χ0) is 25.5. The number of aromatic nitrogens is 4. The molecule has 2 aromatic heterocycles. The average molecular weight is 491 g/mol. The number of hydrogen-bond acceptors (Lipinski definition) is 7. The molecule has 186 valence electrons. The Morgan fingerprint density at radius 1 is 1.03 bits per heavy atom. The molecule has 11 heteroatoms. The Morgan fingerprint density at radius 3 is 2.47 bits per heavy atom. The highest BCUT2D eigenvalue weighted by Crippen LogP contribution is 2.19. The summed E-state index contributed by atoms with van der Waals surface area (Å²) in [5.41, 5.74) is 0.489. The number of H-pyrrole nitrogens is 1. The number of nitrogens with one attached hydrogen (secondary N) is 3. The van der Waals surface area contributed by atoms with Gasteiger partial charge in [0.15, 0.2) is 5.69 Å². The fraction of sp³-hybridized carbons (Fsp3) is 0.200. The normalized spacial score (nSPS) is 10.7. The Balaban J connectivity index is 1.64. The first-order valence-electron chi connectivity index (χ1n) is 11.2. The van der Waals surface area contributed by atoms with E-state index in [2.05, 4.69) is 20.7 Å². The molecule has 0 aliphatic heterocycles. The van der Waals surface area contributed by atoms with Crippen LogP contribution in [-0.4, -0.2) is 46.1 Å². The fourth-order valence-electron chi connectivity index (χ4n) is 3.54. The maximum Gasteiger partial charge on any atom is 0.330 e. The molecule has 1 amide bonds. The summed E-state index contributed by atoms with van der Waals surface area (Å²) in [6.45, 7) is 0.614. The van der Waals surface area contributed by atoms with Gasteiger partial charge in [0.25, 0.3) is 11.5 Å². The maximum absolute atomic E-state index is 13.1. The van der Waals surface area contributed by atoms with Gasteiger partial charge < -0.3 is 20.1 Å². The van der Waals surface area contributed by atoms with E-state index in [-0.39, 0.29) is 30.4 Å². The van der Waals surface area contributed by atoms with Crippen LogP contribution in [0.15, 0.2) is 76.4 Å². The van der Waals surface area contributed by atoms with Crippen LogP contribution in [0.5, 0.6) is 5.75 Å². The molecule has 0 unspecified atom stereocenters. The Bertz CT molecular complexity index is 1440. The quantitative estimate of drug-likeness (QED) is 0.311. The summed E-state index contributed by atoms with van der Waals surface area (Å²) in [7, 11) is 3.07. The van der Waals surface area contributed by atoms with E-state index in [9.17, 15) is 14.4 Å². The molecule has 36 heavy (non-hydrogen) atoms. The highest BCUT2D eigenvalue weighted by molar-refractivity contribution is 6.03. The van der Waals surface area contributed by atoms with Crippen molar-refractivity contribution < 1.29 is 14.3 Å². The summed E-state index contributed by atoms with van der Waals surface area (Å²) >= 11 is 0. The van der Waals surface area contributed by atoms with Gasteiger partial charge in [-0.3, -0.25) is 19.1 Å². The number of carbonyl (C=O) groups is 1. The van der Waals surface area contributed by atoms with Crippen molar-refractivity contribution in [2.24, 2.45) is 0 Å². The van der Waals surface area contributed by atoms with E-state index >= 15 is 0 Å². The lowest BCUT2D eigenvalue weighted by molar-refractivity contribution is 0.102. The molecule has 0 aliphatic carbocycles. The van der Waals surface area contributed by atoms with E-state index in [1.807, 2.05) is 30.3 Å². The lowest BCUT2D eigenvalue weighted by Crippen LogP contribution is -2.36. The highest BCUT2D eigenvalue weighted by atomic mass is 16.5. The first kappa shape index (κ1) is 24.5. The van der Waals surface area contributed by atoms with E-state index in [4.69, 9.17) is 9.47 Å². The minimum atomic E-state index is -0.665. The van der Waals surface area contributed by atoms with Gasteiger partial charge in [-0.05, 0) is 35.9 Å². The Hall–Kier alpha value is -4.64. The molecule has 11 nitrogen and oxygen atoms in total. The predicted molar refractivity (Wildman–Crippen MR) is 135 cm³/mol. The summed E-state index contributed by atoms with van der Waals surface area (Å²) in [6.07, 6.45) is 1.64. The van der Waals surface area contributed by atoms with Crippen LogP contribution in [-0.2, 0) is 17.8 Å². The van der Waals surface area contributed by atoms with Crippen molar-refractivity contribution in [1.29, 1.82) is 0 Å². The molecule has 0 atom stereocenters. The average Bonchev–Trinajstić information content (AvgIpc) is 3.39. The maximum atomic E-state index is 13.1. The summed E-state index contributed by atoms with van der Waals surface area (Å²) < 4.78 is 13.1. The first-order valence-corrected chi connectivity index (χ1v) is 11.2. The van der Waals surface area contributed by atoms with E-state index in [1.54, 1.807) is 48.3 Å². The zero-order valence-electron chi connectivity index (χ0n) is 19.9. The summed E-state index contributed by atoms with van der Waals surface area (Å²) in [5, 5.41) is 10.1. The summed E-state index contributed by atoms with van der Waals surface area (Å²) in [4.78, 5) is 40.8. The summed E-state index contributed by atoms with van der Waals surface area (Å²) in [5.74, 6) is 0.143. The van der Waals surface area contributed by atoms with E-state index in [1.165, 1.54) is 11.7 Å². The number of nitrogens with zero attached hydrogens (tertiary/aromatic N) is 3. The molecule has 3 N–H and O–H groups in total. The van der Waals surface area contributed by atoms with Gasteiger partial charge in [0.05, 0.1) is 25.9 Å². The van der Waals surface area contributed by atoms with Gasteiger partial charge in [-0.1, -0.05) is 30.3 Å². The Kier molecular flexibility index (Phi) is 7.61. The molecular formula is C25H26N6O5. The van der Waals surface area contributed by atoms with Crippen molar-refractivity contribution in [3.8, 4) is 11.4 Å². The van der Waals surface area contributed by atoms with Gasteiger partial charge in [0, 0.05) is 19.9 Å². The lowest BCUT2D eigenvalue weighted by atomic mass is 10.2. The van der Waals surface area contributed by atoms with Crippen molar-refractivity contribution in [3.63, 3.8) is 0 Å². The number of rotatable bonds is 10. The number of anilines is 2. The van der Waals surface area contributed by atoms with Crippen molar-refractivity contribution in [2.75, 3.05) is 31.5 Å². The molecule has 4 aromatic rings. The van der Waals surface area contributed by atoms with Crippen LogP contribution < -0.4 is 26.6 Å². The molecule has 2 heterocycles. The SMILES string of the molecule is COCCn1c(NC(=O)c2ccn(-c3ccc(OC)cc3)n2)c(NCc2ccccc2)c(=O)[nH]c1=O. The van der Waals surface area contributed by atoms with Crippen LogP contribution in [0.25, 0.3) is 5.69 Å². The van der Waals surface area contributed by atoms with Gasteiger partial charge in [-0.15, -0.1) is 0 Å². The van der Waals surface area contributed by atoms with Crippen molar-refractivity contribution >= 4 is 17.4 Å². The number of amides is 1. The topological polar surface area (TPSA) is 132 Å². The fourth-order valence-corrected chi connectivity index (χ4v) is 3.54. The van der Waals surface area contributed by atoms with Crippen LogP contribution in [0.4, 0.5) is 11.5 Å². The predicted octanol–water partition coefficient (Wildman–Crippen LogP) is 2.24. The Labute approximate surface area is 206 Å². The number of hydrogen-bond donors (Lipinski definition) is 3. The van der Waals surface area contributed by atoms with Gasteiger partial charge in [0.1, 0.15) is 17.3 Å². The molecule has 0 fully saturated rings. The minimum absolute atomic E-state index is 0.0285. The smallest absolute Gasteiger partial charge is 0.330 e. The molecule has 0 saturated heterocycles. The number of ether oxygens (including phenoxy) is 2. The van der Waals surface area contributed by atoms with Crippen LogP contribution in [0.1, 0.15) is 16.1 Å². The van der Waals surface area contributed by atoms with Crippen molar-refractivity contribution in [3.05, 3.63) is 99.0 Å². The van der Waals surface area contributed by atoms with Gasteiger partial charge >= 0.3 is 5.69 Å². The van der Waals surface area contributed by atoms with Gasteiger partial charge in [-0.2, -0.15) is 5.10 Å². The first-order chi connectivity index (χ1) is 17.5. The monoisotopic (exact) mass is 490 g/mol. The molecular weight excluding hydrogens is 464 g/mol. The Morgan fingerprint density at radius 2 is 1.78 bits per heavy atom. The van der Waals surface area contributed by atoms with Crippen molar-refractivity contribution in [2.45, 2.75) is 13.1 Å². The number of methoxy groups -OCH3 is 2. The molecule has 0 saturated carbocycles. The van der Waals surface area contributed by atoms with Crippen LogP contribution in [0.2, 0.25) is 0 Å². The molecule has 0 bridgehead atoms. The highest BCUT2D eigenvalue weighted by Gasteiger charge is 2.20. The molecule has 0 aliphatic rings. The largest absolute Gasteiger partial charge is 0.497 e. The van der Waals surface area contributed by atoms with Crippen LogP contribution in [0.3, 0.4) is 0 Å². The second-order valence-electron chi connectivity index (χ2n) is 7.76. The number of carbonyl (C=O) groups excluding carboxylic acids is 1. The van der Waals surface area contributed by atoms with Crippen LogP contribution >= 0.6 is 0 Å². The van der Waals surface area contributed by atoms with Gasteiger partial charge in [-0.25, -0.2) is 9.48 Å². The second-order valence-corrected chi connectivity index (χ2v) is 7.76. The van der Waals surface area contributed by atoms with E-state index < -0.39 is 17.2 Å².